The monoisotopic (exact) mass is 645 g/mol. The highest BCUT2D eigenvalue weighted by molar-refractivity contribution is 7.25. The van der Waals surface area contributed by atoms with Crippen LogP contribution in [0, 0.1) is 11.8 Å². The largest absolute Gasteiger partial charge is 0.310 e. The fourth-order valence-electron chi connectivity index (χ4n) is 9.99. The lowest BCUT2D eigenvalue weighted by atomic mass is 9.67. The molecule has 2 saturated carbocycles. The Morgan fingerprint density at radius 1 is 0.510 bits per heavy atom. The Morgan fingerprint density at radius 2 is 1.22 bits per heavy atom. The Kier molecular flexibility index (Phi) is 5.89. The molecule has 2 fully saturated rings. The number of benzene rings is 7. The minimum absolute atomic E-state index is 0.147. The summed E-state index contributed by atoms with van der Waals surface area (Å²) >= 11 is 1.88. The molecule has 49 heavy (non-hydrogen) atoms. The smallest absolute Gasteiger partial charge is 0.0468 e. The van der Waals surface area contributed by atoms with Gasteiger partial charge in [-0.05, 0) is 130 Å². The Morgan fingerprint density at radius 3 is 2.10 bits per heavy atom. The lowest BCUT2D eigenvalue weighted by molar-refractivity contribution is 0.327. The molecule has 0 aliphatic heterocycles. The summed E-state index contributed by atoms with van der Waals surface area (Å²) in [4.78, 5) is 2.48. The summed E-state index contributed by atoms with van der Waals surface area (Å²) in [7, 11) is 0. The molecule has 0 radical (unpaired) electrons. The normalized spacial score (nSPS) is 20.4. The molecule has 3 unspecified atom stereocenters. The van der Waals surface area contributed by atoms with Crippen LogP contribution in [0.4, 0.5) is 17.1 Å². The van der Waals surface area contributed by atoms with E-state index in [1.807, 2.05) is 11.3 Å². The fraction of sp³-hybridized carbons (Fsp3) is 0.149. The van der Waals surface area contributed by atoms with Crippen molar-refractivity contribution in [1.82, 2.24) is 0 Å². The molecule has 0 N–H and O–H groups in total. The molecule has 0 saturated heterocycles. The maximum absolute atomic E-state index is 2.56. The number of rotatable bonds is 4. The Balaban J connectivity index is 1.06. The summed E-state index contributed by atoms with van der Waals surface area (Å²) in [5.41, 5.74) is 12.3. The summed E-state index contributed by atoms with van der Waals surface area (Å²) < 4.78 is 2.69. The second-order valence-corrected chi connectivity index (χ2v) is 15.6. The van der Waals surface area contributed by atoms with Crippen LogP contribution in [0.1, 0.15) is 36.8 Å². The second-order valence-electron chi connectivity index (χ2n) is 14.5. The van der Waals surface area contributed by atoms with Crippen molar-refractivity contribution in [2.24, 2.45) is 11.8 Å². The van der Waals surface area contributed by atoms with Crippen molar-refractivity contribution >= 4 is 59.3 Å². The molecule has 8 aromatic rings. The molecule has 0 amide bonds. The van der Waals surface area contributed by atoms with E-state index in [4.69, 9.17) is 0 Å². The van der Waals surface area contributed by atoms with Crippen molar-refractivity contribution in [2.75, 3.05) is 4.90 Å². The Bertz CT molecular complexity index is 2590. The van der Waals surface area contributed by atoms with Crippen LogP contribution < -0.4 is 4.90 Å². The van der Waals surface area contributed by atoms with E-state index in [1.165, 1.54) is 95.9 Å². The highest BCUT2D eigenvalue weighted by Crippen LogP contribution is 2.66. The lowest BCUT2D eigenvalue weighted by Gasteiger charge is -2.37. The molecule has 7 aromatic carbocycles. The molecular weight excluding hydrogens is 611 g/mol. The van der Waals surface area contributed by atoms with Gasteiger partial charge in [0.05, 0.1) is 0 Å². The van der Waals surface area contributed by atoms with Gasteiger partial charge in [0.1, 0.15) is 0 Å². The second kappa shape index (κ2) is 10.4. The zero-order chi connectivity index (χ0) is 32.1. The highest BCUT2D eigenvalue weighted by Gasteiger charge is 2.56. The van der Waals surface area contributed by atoms with Crippen LogP contribution in [0.2, 0.25) is 0 Å². The van der Waals surface area contributed by atoms with E-state index in [2.05, 4.69) is 157 Å². The first kappa shape index (κ1) is 27.7. The SMILES string of the molecule is c1ccc2c(c1)-c1ccc(N(c3ccc(-c4ccc5sc6ccccc6c5c4)cc3)c3ccc4ccccc4c3)cc1C21CC2CCC1C2. The van der Waals surface area contributed by atoms with Crippen LogP contribution in [0.3, 0.4) is 0 Å². The van der Waals surface area contributed by atoms with Gasteiger partial charge in [-0.3, -0.25) is 0 Å². The fourth-order valence-corrected chi connectivity index (χ4v) is 11.1. The van der Waals surface area contributed by atoms with Crippen molar-refractivity contribution in [2.45, 2.75) is 31.1 Å². The van der Waals surface area contributed by atoms with Crippen molar-refractivity contribution in [3.8, 4) is 22.3 Å². The number of fused-ring (bicyclic) bond motifs is 12. The van der Waals surface area contributed by atoms with Gasteiger partial charge in [0.25, 0.3) is 0 Å². The van der Waals surface area contributed by atoms with Gasteiger partial charge < -0.3 is 4.90 Å². The molecule has 3 aliphatic rings. The van der Waals surface area contributed by atoms with Crippen molar-refractivity contribution < 1.29 is 0 Å². The molecular formula is C47H35NS. The average Bonchev–Trinajstić information content (AvgIpc) is 3.93. The predicted molar refractivity (Wildman–Crippen MR) is 209 cm³/mol. The number of anilines is 3. The van der Waals surface area contributed by atoms with Crippen molar-refractivity contribution in [3.05, 3.63) is 163 Å². The summed E-state index contributed by atoms with van der Waals surface area (Å²) in [6.45, 7) is 0. The third-order valence-corrected chi connectivity index (χ3v) is 13.3. The van der Waals surface area contributed by atoms with E-state index in [-0.39, 0.29) is 5.41 Å². The molecule has 2 bridgehead atoms. The lowest BCUT2D eigenvalue weighted by Crippen LogP contribution is -2.32. The van der Waals surface area contributed by atoms with Gasteiger partial charge in [0.15, 0.2) is 0 Å². The van der Waals surface area contributed by atoms with E-state index >= 15 is 0 Å². The molecule has 234 valence electrons. The number of nitrogens with zero attached hydrogens (tertiary/aromatic N) is 1. The molecule has 1 heterocycles. The summed E-state index contributed by atoms with van der Waals surface area (Å²) in [6, 6.07) is 57.2. The molecule has 2 heteroatoms. The third-order valence-electron chi connectivity index (χ3n) is 12.1. The predicted octanol–water partition coefficient (Wildman–Crippen LogP) is 13.4. The van der Waals surface area contributed by atoms with Crippen molar-refractivity contribution in [3.63, 3.8) is 0 Å². The minimum Gasteiger partial charge on any atom is -0.310 e. The van der Waals surface area contributed by atoms with Gasteiger partial charge in [-0.25, -0.2) is 0 Å². The third kappa shape index (κ3) is 4.04. The topological polar surface area (TPSA) is 3.24 Å². The van der Waals surface area contributed by atoms with Crippen LogP contribution in [-0.2, 0) is 5.41 Å². The first-order valence-corrected chi connectivity index (χ1v) is 18.6. The van der Waals surface area contributed by atoms with Gasteiger partial charge in [-0.2, -0.15) is 0 Å². The van der Waals surface area contributed by atoms with Crippen LogP contribution in [-0.4, -0.2) is 0 Å². The molecule has 11 rings (SSSR count). The highest BCUT2D eigenvalue weighted by atomic mass is 32.1. The van der Waals surface area contributed by atoms with Crippen LogP contribution in [0.25, 0.3) is 53.2 Å². The van der Waals surface area contributed by atoms with Gasteiger partial charge in [0.2, 0.25) is 0 Å². The van der Waals surface area contributed by atoms with E-state index in [0.717, 1.165) is 11.8 Å². The van der Waals surface area contributed by atoms with Crippen LogP contribution in [0.5, 0.6) is 0 Å². The molecule has 3 atom stereocenters. The Labute approximate surface area is 291 Å². The number of hydrogen-bond acceptors (Lipinski definition) is 2. The van der Waals surface area contributed by atoms with Crippen LogP contribution in [0.15, 0.2) is 152 Å². The van der Waals surface area contributed by atoms with Gasteiger partial charge in [-0.1, -0.05) is 103 Å². The molecule has 1 aromatic heterocycles. The minimum atomic E-state index is 0.147. The quantitative estimate of drug-likeness (QED) is 0.184. The summed E-state index contributed by atoms with van der Waals surface area (Å²) in [5.74, 6) is 1.59. The van der Waals surface area contributed by atoms with E-state index in [0.29, 0.717) is 0 Å². The maximum Gasteiger partial charge on any atom is 0.0468 e. The van der Waals surface area contributed by atoms with Crippen LogP contribution >= 0.6 is 11.3 Å². The van der Waals surface area contributed by atoms with E-state index in [1.54, 1.807) is 11.1 Å². The molecule has 1 nitrogen and oxygen atoms in total. The van der Waals surface area contributed by atoms with Gasteiger partial charge in [-0.15, -0.1) is 11.3 Å². The first-order chi connectivity index (χ1) is 24.2. The zero-order valence-electron chi connectivity index (χ0n) is 27.3. The van der Waals surface area contributed by atoms with Gasteiger partial charge in [0, 0.05) is 42.6 Å². The summed E-state index contributed by atoms with van der Waals surface area (Å²) in [5, 5.41) is 5.21. The van der Waals surface area contributed by atoms with Crippen molar-refractivity contribution in [1.29, 1.82) is 0 Å². The van der Waals surface area contributed by atoms with E-state index in [9.17, 15) is 0 Å². The maximum atomic E-state index is 2.56. The van der Waals surface area contributed by atoms with Gasteiger partial charge >= 0.3 is 0 Å². The number of thiophene rings is 1. The number of hydrogen-bond donors (Lipinski definition) is 0. The standard InChI is InChI=1S/C47H35NS/c1-2-8-33-26-37(21-16-31(33)7-1)48(36-19-14-32(15-20-36)34-17-24-46-42(27-34)41-10-4-6-12-45(41)49-46)38-22-23-40-39-9-3-5-11-43(39)47(44(40)28-38)29-30-13-18-35(47)25-30/h1-12,14-17,19-24,26-28,30,35H,13,18,25,29H2. The Hall–Kier alpha value is -5.18. The summed E-state index contributed by atoms with van der Waals surface area (Å²) in [6.07, 6.45) is 5.42. The first-order valence-electron chi connectivity index (χ1n) is 17.8. The average molecular weight is 646 g/mol. The molecule has 3 aliphatic carbocycles. The molecule has 1 spiro atoms. The van der Waals surface area contributed by atoms with E-state index < -0.39 is 0 Å². The zero-order valence-corrected chi connectivity index (χ0v) is 28.1.